The monoisotopic (exact) mass is 468 g/mol. The molecule has 0 unspecified atom stereocenters. The number of nitro groups is 1. The summed E-state index contributed by atoms with van der Waals surface area (Å²) in [6.07, 6.45) is 3.26. The lowest BCUT2D eigenvalue weighted by atomic mass is 10.1. The Hall–Kier alpha value is -3.56. The van der Waals surface area contributed by atoms with Gasteiger partial charge in [-0.2, -0.15) is 0 Å². The minimum Gasteiger partial charge on any atom is -0.494 e. The van der Waals surface area contributed by atoms with Crippen LogP contribution in [0, 0.1) is 10.1 Å². The lowest BCUT2D eigenvalue weighted by molar-refractivity contribution is -0.384. The molecule has 1 amide bonds. The second-order valence-corrected chi connectivity index (χ2v) is 8.14. The second-order valence-electron chi connectivity index (χ2n) is 6.73. The molecule has 2 aromatic carbocycles. The van der Waals surface area contributed by atoms with Gasteiger partial charge in [0.25, 0.3) is 11.6 Å². The minimum absolute atomic E-state index is 0.0317. The summed E-state index contributed by atoms with van der Waals surface area (Å²) in [5, 5.41) is 11.8. The molecule has 0 spiro atoms. The van der Waals surface area contributed by atoms with E-state index in [0.29, 0.717) is 23.0 Å². The number of hydrogen-bond acceptors (Lipinski definition) is 7. The zero-order valence-electron chi connectivity index (χ0n) is 16.9. The van der Waals surface area contributed by atoms with Gasteiger partial charge in [0.15, 0.2) is 5.13 Å². The Balaban J connectivity index is 1.79. The minimum atomic E-state index is -0.562. The van der Waals surface area contributed by atoms with Crippen molar-refractivity contribution in [2.75, 3.05) is 11.5 Å². The summed E-state index contributed by atoms with van der Waals surface area (Å²) in [5.74, 6) is 0.225. The molecule has 162 valence electrons. The van der Waals surface area contributed by atoms with E-state index in [0.717, 1.165) is 10.3 Å². The maximum atomic E-state index is 13.5. The van der Waals surface area contributed by atoms with Crippen LogP contribution in [0.15, 0.2) is 60.9 Å². The van der Waals surface area contributed by atoms with Crippen molar-refractivity contribution in [3.8, 4) is 5.75 Å². The Morgan fingerprint density at radius 3 is 2.69 bits per heavy atom. The lowest BCUT2D eigenvalue weighted by Gasteiger charge is -2.20. The average Bonchev–Trinajstić information content (AvgIpc) is 3.21. The van der Waals surface area contributed by atoms with E-state index in [1.807, 2.05) is 25.1 Å². The molecule has 0 N–H and O–H groups in total. The van der Waals surface area contributed by atoms with Gasteiger partial charge in [-0.1, -0.05) is 22.9 Å². The third kappa shape index (κ3) is 4.53. The number of nitrogens with zero attached hydrogens (tertiary/aromatic N) is 4. The highest BCUT2D eigenvalue weighted by Gasteiger charge is 2.25. The van der Waals surface area contributed by atoms with E-state index in [4.69, 9.17) is 16.3 Å². The molecule has 0 aliphatic rings. The predicted octanol–water partition coefficient (Wildman–Crippen LogP) is 5.50. The SMILES string of the molecule is CCOc1ccc2nc(N(Cc3ccncc3)C(=O)c3cc([N+](=O)[O-])ccc3Cl)sc2c1. The Bertz CT molecular complexity index is 1300. The van der Waals surface area contributed by atoms with Crippen LogP contribution in [-0.2, 0) is 6.54 Å². The highest BCUT2D eigenvalue weighted by Crippen LogP contribution is 2.34. The lowest BCUT2D eigenvalue weighted by Crippen LogP contribution is -2.30. The number of amides is 1. The highest BCUT2D eigenvalue weighted by molar-refractivity contribution is 7.22. The van der Waals surface area contributed by atoms with Crippen molar-refractivity contribution in [3.05, 3.63) is 87.2 Å². The van der Waals surface area contributed by atoms with Gasteiger partial charge in [0.05, 0.1) is 38.9 Å². The van der Waals surface area contributed by atoms with E-state index in [9.17, 15) is 14.9 Å². The highest BCUT2D eigenvalue weighted by atomic mass is 35.5. The number of pyridine rings is 1. The van der Waals surface area contributed by atoms with E-state index < -0.39 is 10.8 Å². The summed E-state index contributed by atoms with van der Waals surface area (Å²) < 4.78 is 6.41. The van der Waals surface area contributed by atoms with Crippen LogP contribution in [0.5, 0.6) is 5.75 Å². The summed E-state index contributed by atoms with van der Waals surface area (Å²) in [5.41, 5.74) is 1.35. The normalized spacial score (nSPS) is 10.8. The van der Waals surface area contributed by atoms with Crippen molar-refractivity contribution in [1.29, 1.82) is 0 Å². The molecule has 0 aliphatic heterocycles. The van der Waals surface area contributed by atoms with E-state index in [-0.39, 0.29) is 22.8 Å². The predicted molar refractivity (Wildman–Crippen MR) is 124 cm³/mol. The summed E-state index contributed by atoms with van der Waals surface area (Å²) in [7, 11) is 0. The summed E-state index contributed by atoms with van der Waals surface area (Å²) in [6, 6.07) is 12.9. The van der Waals surface area contributed by atoms with Gasteiger partial charge in [-0.3, -0.25) is 24.8 Å². The fraction of sp³-hybridized carbons (Fsp3) is 0.136. The molecule has 0 saturated carbocycles. The number of nitro benzene ring substituents is 1. The molecule has 8 nitrogen and oxygen atoms in total. The zero-order valence-corrected chi connectivity index (χ0v) is 18.5. The third-order valence-electron chi connectivity index (χ3n) is 4.62. The molecule has 0 fully saturated rings. The Labute approximate surface area is 192 Å². The Morgan fingerprint density at radius 1 is 1.19 bits per heavy atom. The van der Waals surface area contributed by atoms with Crippen molar-refractivity contribution in [2.45, 2.75) is 13.5 Å². The number of non-ortho nitro benzene ring substituents is 1. The van der Waals surface area contributed by atoms with E-state index in [1.54, 1.807) is 24.5 Å². The Morgan fingerprint density at radius 2 is 1.97 bits per heavy atom. The molecule has 0 atom stereocenters. The number of anilines is 1. The number of fused-ring (bicyclic) bond motifs is 1. The molecule has 2 heterocycles. The van der Waals surface area contributed by atoms with Crippen molar-refractivity contribution < 1.29 is 14.5 Å². The average molecular weight is 469 g/mol. The smallest absolute Gasteiger partial charge is 0.270 e. The van der Waals surface area contributed by atoms with Gasteiger partial charge < -0.3 is 4.74 Å². The van der Waals surface area contributed by atoms with E-state index in [1.165, 1.54) is 34.4 Å². The first-order valence-corrected chi connectivity index (χ1v) is 10.8. The molecular weight excluding hydrogens is 452 g/mol. The molecule has 32 heavy (non-hydrogen) atoms. The molecule has 4 rings (SSSR count). The van der Waals surface area contributed by atoms with Crippen LogP contribution in [-0.4, -0.2) is 27.4 Å². The van der Waals surface area contributed by atoms with Gasteiger partial charge in [-0.05, 0) is 48.9 Å². The van der Waals surface area contributed by atoms with Crippen LogP contribution < -0.4 is 9.64 Å². The van der Waals surface area contributed by atoms with Crippen LogP contribution in [0.1, 0.15) is 22.8 Å². The molecule has 0 bridgehead atoms. The number of halogens is 1. The largest absolute Gasteiger partial charge is 0.494 e. The molecule has 0 radical (unpaired) electrons. The number of thiazole rings is 1. The fourth-order valence-electron chi connectivity index (χ4n) is 3.10. The maximum absolute atomic E-state index is 13.5. The molecule has 10 heteroatoms. The molecular formula is C22H17ClN4O4S. The van der Waals surface area contributed by atoms with Crippen LogP contribution in [0.2, 0.25) is 5.02 Å². The maximum Gasteiger partial charge on any atom is 0.270 e. The number of carbonyl (C=O) groups is 1. The number of carbonyl (C=O) groups excluding carboxylic acids is 1. The van der Waals surface area contributed by atoms with Crippen molar-refractivity contribution in [1.82, 2.24) is 9.97 Å². The number of benzene rings is 2. The number of ether oxygens (including phenoxy) is 1. The van der Waals surface area contributed by atoms with Crippen molar-refractivity contribution in [2.24, 2.45) is 0 Å². The fourth-order valence-corrected chi connectivity index (χ4v) is 4.29. The summed E-state index contributed by atoms with van der Waals surface area (Å²) in [4.78, 5) is 34.3. The van der Waals surface area contributed by atoms with Crippen LogP contribution in [0.4, 0.5) is 10.8 Å². The van der Waals surface area contributed by atoms with Gasteiger partial charge in [-0.15, -0.1) is 0 Å². The summed E-state index contributed by atoms with van der Waals surface area (Å²) in [6.45, 7) is 2.63. The van der Waals surface area contributed by atoms with Crippen LogP contribution in [0.3, 0.4) is 0 Å². The first-order chi connectivity index (χ1) is 15.5. The van der Waals surface area contributed by atoms with E-state index in [2.05, 4.69) is 9.97 Å². The quantitative estimate of drug-likeness (QED) is 0.262. The summed E-state index contributed by atoms with van der Waals surface area (Å²) >= 11 is 7.58. The zero-order chi connectivity index (χ0) is 22.7. The van der Waals surface area contributed by atoms with Crippen LogP contribution >= 0.6 is 22.9 Å². The number of rotatable bonds is 7. The molecule has 4 aromatic rings. The first-order valence-electron chi connectivity index (χ1n) is 9.64. The molecule has 0 aliphatic carbocycles. The van der Waals surface area contributed by atoms with Gasteiger partial charge >= 0.3 is 0 Å². The molecule has 0 saturated heterocycles. The van der Waals surface area contributed by atoms with E-state index >= 15 is 0 Å². The topological polar surface area (TPSA) is 98.5 Å². The van der Waals surface area contributed by atoms with Crippen molar-refractivity contribution >= 4 is 49.9 Å². The second kappa shape index (κ2) is 9.29. The van der Waals surface area contributed by atoms with Gasteiger partial charge in [0.1, 0.15) is 5.75 Å². The van der Waals surface area contributed by atoms with Gasteiger partial charge in [0, 0.05) is 24.5 Å². The van der Waals surface area contributed by atoms with Crippen LogP contribution in [0.25, 0.3) is 10.2 Å². The van der Waals surface area contributed by atoms with Gasteiger partial charge in [0.2, 0.25) is 0 Å². The number of hydrogen-bond donors (Lipinski definition) is 0. The Kier molecular flexibility index (Phi) is 6.29. The standard InChI is InChI=1S/C22H17ClN4O4S/c1-2-31-16-4-6-19-20(12-16)32-22(25-19)26(13-14-7-9-24-10-8-14)21(28)17-11-15(27(29)30)3-5-18(17)23/h3-12H,2,13H2,1H3. The number of aromatic nitrogens is 2. The molecule has 2 aromatic heterocycles. The van der Waals surface area contributed by atoms with Gasteiger partial charge in [-0.25, -0.2) is 4.98 Å². The third-order valence-corrected chi connectivity index (χ3v) is 5.99. The van der Waals surface area contributed by atoms with Crippen molar-refractivity contribution in [3.63, 3.8) is 0 Å². The first kappa shape index (κ1) is 21.7.